The van der Waals surface area contributed by atoms with E-state index in [2.05, 4.69) is 10.3 Å². The lowest BCUT2D eigenvalue weighted by Gasteiger charge is -2.20. The number of allylic oxidation sites excluding steroid dienone is 4. The van der Waals surface area contributed by atoms with E-state index in [0.717, 1.165) is 11.1 Å². The molecule has 1 heterocycles. The Kier molecular flexibility index (Phi) is 4.02. The predicted molar refractivity (Wildman–Crippen MR) is 85.6 cm³/mol. The molecule has 0 fully saturated rings. The maximum absolute atomic E-state index is 12.2. The minimum atomic E-state index is -0.406. The molecule has 4 nitrogen and oxygen atoms in total. The van der Waals surface area contributed by atoms with E-state index < -0.39 is 5.92 Å². The molecule has 3 rings (SSSR count). The van der Waals surface area contributed by atoms with E-state index in [1.807, 2.05) is 18.2 Å². The Morgan fingerprint density at radius 3 is 3.00 bits per heavy atom. The molecule has 0 saturated carbocycles. The average Bonchev–Trinajstić information content (AvgIpc) is 2.50. The van der Waals surface area contributed by atoms with Crippen LogP contribution in [0.25, 0.3) is 0 Å². The Hall–Kier alpha value is -2.46. The number of carbonyl (C=O) groups is 2. The van der Waals surface area contributed by atoms with E-state index >= 15 is 0 Å². The summed E-state index contributed by atoms with van der Waals surface area (Å²) in [7, 11) is 0. The molecule has 22 heavy (non-hydrogen) atoms. The van der Waals surface area contributed by atoms with Gasteiger partial charge in [-0.3, -0.25) is 9.59 Å². The van der Waals surface area contributed by atoms with Gasteiger partial charge < -0.3 is 5.32 Å². The van der Waals surface area contributed by atoms with Crippen LogP contribution in [0.2, 0.25) is 5.02 Å². The molecule has 110 valence electrons. The zero-order valence-corrected chi connectivity index (χ0v) is 12.4. The first-order valence-electron chi connectivity index (χ1n) is 6.85. The van der Waals surface area contributed by atoms with Gasteiger partial charge in [-0.2, -0.15) is 0 Å². The van der Waals surface area contributed by atoms with Gasteiger partial charge in [-0.05, 0) is 23.3 Å². The molecule has 1 N–H and O–H groups in total. The maximum atomic E-state index is 12.2. The van der Waals surface area contributed by atoms with Crippen LogP contribution in [0.15, 0.2) is 64.8 Å². The van der Waals surface area contributed by atoms with E-state index in [-0.39, 0.29) is 18.2 Å². The van der Waals surface area contributed by atoms with Crippen LogP contribution >= 0.6 is 11.6 Å². The summed E-state index contributed by atoms with van der Waals surface area (Å²) in [5.41, 5.74) is 2.16. The highest BCUT2D eigenvalue weighted by Gasteiger charge is 2.26. The van der Waals surface area contributed by atoms with Gasteiger partial charge >= 0.3 is 0 Å². The summed E-state index contributed by atoms with van der Waals surface area (Å²) in [5.74, 6) is -0.799. The molecule has 1 aliphatic heterocycles. The number of fused-ring (bicyclic) bond motifs is 1. The van der Waals surface area contributed by atoms with Gasteiger partial charge in [0.15, 0.2) is 0 Å². The van der Waals surface area contributed by atoms with E-state index in [1.54, 1.807) is 30.4 Å². The van der Waals surface area contributed by atoms with Gasteiger partial charge in [0.1, 0.15) is 0 Å². The number of nitrogens with one attached hydrogen (secondary N) is 1. The number of amides is 2. The Morgan fingerprint density at radius 1 is 1.32 bits per heavy atom. The fraction of sp³-hybridized carbons (Fsp3) is 0.118. The second-order valence-corrected chi connectivity index (χ2v) is 5.48. The molecule has 1 unspecified atom stereocenters. The van der Waals surface area contributed by atoms with Crippen LogP contribution in [0.3, 0.4) is 0 Å². The van der Waals surface area contributed by atoms with E-state index in [1.165, 1.54) is 6.21 Å². The number of benzene rings is 1. The topological polar surface area (TPSA) is 58.5 Å². The molecule has 5 heteroatoms. The van der Waals surface area contributed by atoms with Gasteiger partial charge in [0.25, 0.3) is 5.91 Å². The van der Waals surface area contributed by atoms with Crippen molar-refractivity contribution in [3.8, 4) is 0 Å². The lowest BCUT2D eigenvalue weighted by molar-refractivity contribution is -0.121. The normalized spacial score (nSPS) is 19.3. The Morgan fingerprint density at radius 2 is 2.18 bits per heavy atom. The smallest absolute Gasteiger partial charge is 0.257 e. The fourth-order valence-electron chi connectivity index (χ4n) is 2.43. The van der Waals surface area contributed by atoms with Crippen molar-refractivity contribution in [3.05, 3.63) is 70.4 Å². The lowest BCUT2D eigenvalue weighted by atomic mass is 9.90. The van der Waals surface area contributed by atoms with Crippen molar-refractivity contribution in [2.24, 2.45) is 10.9 Å². The molecule has 0 bridgehead atoms. The van der Waals surface area contributed by atoms with Crippen molar-refractivity contribution in [1.29, 1.82) is 0 Å². The number of hydrogen-bond acceptors (Lipinski definition) is 2. The highest BCUT2D eigenvalue weighted by atomic mass is 35.5. The summed E-state index contributed by atoms with van der Waals surface area (Å²) in [6.07, 6.45) is 8.86. The molecule has 2 amide bonds. The molecule has 0 saturated heterocycles. The first-order chi connectivity index (χ1) is 10.6. The SMILES string of the molecule is O=C(Cc1cccc(Cl)c1)NC1=C2C=CC=CC2C(=O)N=C1. The molecule has 1 atom stereocenters. The minimum Gasteiger partial charge on any atom is -0.324 e. The highest BCUT2D eigenvalue weighted by Crippen LogP contribution is 2.25. The number of nitrogens with zero attached hydrogens (tertiary/aromatic N) is 1. The van der Waals surface area contributed by atoms with E-state index in [4.69, 9.17) is 11.6 Å². The van der Waals surface area contributed by atoms with Crippen molar-refractivity contribution in [3.63, 3.8) is 0 Å². The summed E-state index contributed by atoms with van der Waals surface area (Å²) in [4.78, 5) is 27.7. The third-order valence-corrected chi connectivity index (χ3v) is 3.69. The van der Waals surface area contributed by atoms with Crippen molar-refractivity contribution >= 4 is 29.6 Å². The largest absolute Gasteiger partial charge is 0.324 e. The van der Waals surface area contributed by atoms with E-state index in [0.29, 0.717) is 10.7 Å². The van der Waals surface area contributed by atoms with Crippen molar-refractivity contribution in [2.75, 3.05) is 0 Å². The Bertz CT molecular complexity index is 760. The minimum absolute atomic E-state index is 0.174. The summed E-state index contributed by atoms with van der Waals surface area (Å²) in [6, 6.07) is 7.16. The van der Waals surface area contributed by atoms with Gasteiger partial charge in [-0.25, -0.2) is 4.99 Å². The van der Waals surface area contributed by atoms with Crippen molar-refractivity contribution < 1.29 is 9.59 Å². The zero-order valence-electron chi connectivity index (χ0n) is 11.6. The average molecular weight is 313 g/mol. The highest BCUT2D eigenvalue weighted by molar-refractivity contribution is 6.30. The summed E-state index contributed by atoms with van der Waals surface area (Å²) < 4.78 is 0. The molecule has 1 aromatic carbocycles. The molecule has 1 aromatic rings. The number of rotatable bonds is 3. The first-order valence-corrected chi connectivity index (χ1v) is 7.22. The number of carbonyl (C=O) groups excluding carboxylic acids is 2. The third kappa shape index (κ3) is 3.07. The van der Waals surface area contributed by atoms with Gasteiger partial charge in [-0.1, -0.05) is 48.0 Å². The molecule has 2 aliphatic rings. The first kappa shape index (κ1) is 14.5. The van der Waals surface area contributed by atoms with Crippen molar-refractivity contribution in [1.82, 2.24) is 5.32 Å². The molecule has 1 aliphatic carbocycles. The molecule has 0 spiro atoms. The number of hydrogen-bond donors (Lipinski definition) is 1. The molecule has 0 radical (unpaired) electrons. The second kappa shape index (κ2) is 6.12. The molecular formula is C17H13ClN2O2. The predicted octanol–water partition coefficient (Wildman–Crippen LogP) is 2.61. The van der Waals surface area contributed by atoms with Crippen LogP contribution in [0.4, 0.5) is 0 Å². The number of dihydropyridines is 1. The lowest BCUT2D eigenvalue weighted by Crippen LogP contribution is -2.31. The molecular weight excluding hydrogens is 300 g/mol. The Balaban J connectivity index is 1.76. The zero-order chi connectivity index (χ0) is 15.5. The van der Waals surface area contributed by atoms with Crippen LogP contribution in [-0.2, 0) is 16.0 Å². The second-order valence-electron chi connectivity index (χ2n) is 5.04. The standard InChI is InChI=1S/C17H13ClN2O2/c18-12-5-3-4-11(8-12)9-16(21)20-15-10-19-17(22)14-7-2-1-6-13(14)15/h1-8,10,14H,9H2,(H,20,21). The summed E-state index contributed by atoms with van der Waals surface area (Å²) in [5, 5.41) is 3.41. The Labute approximate surface area is 132 Å². The summed E-state index contributed by atoms with van der Waals surface area (Å²) in [6.45, 7) is 0. The van der Waals surface area contributed by atoms with Gasteiger partial charge in [0.2, 0.25) is 5.91 Å². The number of aliphatic imine (C=N–C) groups is 1. The van der Waals surface area contributed by atoms with Crippen LogP contribution in [0.5, 0.6) is 0 Å². The maximum Gasteiger partial charge on any atom is 0.257 e. The van der Waals surface area contributed by atoms with Gasteiger partial charge in [0.05, 0.1) is 24.3 Å². The van der Waals surface area contributed by atoms with Crippen LogP contribution in [0.1, 0.15) is 5.56 Å². The quantitative estimate of drug-likeness (QED) is 0.932. The third-order valence-electron chi connectivity index (χ3n) is 3.45. The van der Waals surface area contributed by atoms with Crippen LogP contribution in [0, 0.1) is 5.92 Å². The molecule has 0 aromatic heterocycles. The van der Waals surface area contributed by atoms with Crippen LogP contribution < -0.4 is 5.32 Å². The monoisotopic (exact) mass is 312 g/mol. The van der Waals surface area contributed by atoms with Gasteiger partial charge in [0, 0.05) is 5.02 Å². The van der Waals surface area contributed by atoms with Crippen LogP contribution in [-0.4, -0.2) is 18.0 Å². The summed E-state index contributed by atoms with van der Waals surface area (Å²) >= 11 is 5.91. The van der Waals surface area contributed by atoms with Crippen molar-refractivity contribution in [2.45, 2.75) is 6.42 Å². The number of halogens is 1. The van der Waals surface area contributed by atoms with E-state index in [9.17, 15) is 9.59 Å². The van der Waals surface area contributed by atoms with Gasteiger partial charge in [-0.15, -0.1) is 0 Å². The fourth-order valence-corrected chi connectivity index (χ4v) is 2.64.